The zero-order valence-electron chi connectivity index (χ0n) is 10.0. The molecule has 0 unspecified atom stereocenters. The van der Waals surface area contributed by atoms with Crippen LogP contribution >= 0.6 is 0 Å². The normalized spacial score (nSPS) is 7.17. The Kier molecular flexibility index (Phi) is 18.6. The summed E-state index contributed by atoms with van der Waals surface area (Å²) in [7, 11) is 2.55. The first-order valence-electron chi connectivity index (χ1n) is 2.84. The smallest absolute Gasteiger partial charge is 1.00 e. The first-order chi connectivity index (χ1) is 4.70. The summed E-state index contributed by atoms with van der Waals surface area (Å²) >= 11 is 0. The van der Waals surface area contributed by atoms with E-state index in [2.05, 4.69) is 9.47 Å². The molecule has 6 heteroatoms. The van der Waals surface area contributed by atoms with Gasteiger partial charge in [-0.05, 0) is 0 Å². The molecule has 0 aromatic rings. The van der Waals surface area contributed by atoms with E-state index in [1.54, 1.807) is 0 Å². The number of hydrogen-bond donors (Lipinski definition) is 0. The van der Waals surface area contributed by atoms with E-state index in [1.807, 2.05) is 0 Å². The van der Waals surface area contributed by atoms with Gasteiger partial charge in [-0.25, -0.2) is 0 Å². The van der Waals surface area contributed by atoms with Crippen LogP contribution in [0.1, 0.15) is 15.7 Å². The number of hydrogen-bond acceptors (Lipinski definition) is 4. The standard InChI is InChI=1S/C6H10O4.2Na.2H/c1-9-5(7)3-4-6(8)10-2;;;;/h3-4H2,1-2H3;;;;/q;2*+1;2*-1. The molecule has 0 rings (SSSR count). The molecule has 0 aliphatic rings. The van der Waals surface area contributed by atoms with E-state index in [4.69, 9.17) is 0 Å². The van der Waals surface area contributed by atoms with Crippen LogP contribution in [0.4, 0.5) is 0 Å². The maximum Gasteiger partial charge on any atom is 1.00 e. The van der Waals surface area contributed by atoms with Gasteiger partial charge in [0.15, 0.2) is 0 Å². The molecule has 0 aromatic carbocycles. The summed E-state index contributed by atoms with van der Waals surface area (Å²) in [6.07, 6.45) is 0.173. The maximum absolute atomic E-state index is 10.4. The van der Waals surface area contributed by atoms with E-state index in [1.165, 1.54) is 14.2 Å². The quantitative estimate of drug-likeness (QED) is 0.332. The minimum atomic E-state index is -0.398. The van der Waals surface area contributed by atoms with Crippen LogP contribution < -0.4 is 59.1 Å². The van der Waals surface area contributed by atoms with Crippen LogP contribution in [-0.2, 0) is 19.1 Å². The summed E-state index contributed by atoms with van der Waals surface area (Å²) in [5.74, 6) is -0.796. The first kappa shape index (κ1) is 18.7. The molecule has 0 N–H and O–H groups in total. The predicted octanol–water partition coefficient (Wildman–Crippen LogP) is -5.65. The van der Waals surface area contributed by atoms with Gasteiger partial charge in [0.05, 0.1) is 27.1 Å². The van der Waals surface area contributed by atoms with Gasteiger partial charge in [-0.15, -0.1) is 0 Å². The van der Waals surface area contributed by atoms with Crippen molar-refractivity contribution in [2.45, 2.75) is 12.8 Å². The number of esters is 2. The average molecular weight is 194 g/mol. The minimum Gasteiger partial charge on any atom is -1.00 e. The number of ether oxygens (including phenoxy) is 2. The Morgan fingerprint density at radius 2 is 1.25 bits per heavy atom. The van der Waals surface area contributed by atoms with Gasteiger partial charge in [0.2, 0.25) is 0 Å². The molecule has 0 aliphatic heterocycles. The van der Waals surface area contributed by atoms with Crippen LogP contribution in [0.15, 0.2) is 0 Å². The van der Waals surface area contributed by atoms with E-state index in [-0.39, 0.29) is 74.8 Å². The Labute approximate surface area is 119 Å². The number of methoxy groups -OCH3 is 2. The summed E-state index contributed by atoms with van der Waals surface area (Å²) in [5.41, 5.74) is 0. The second-order valence-electron chi connectivity index (χ2n) is 1.65. The third kappa shape index (κ3) is 10.9. The number of carbonyl (C=O) groups is 2. The largest absolute Gasteiger partial charge is 1.00 e. The minimum absolute atomic E-state index is 0. The topological polar surface area (TPSA) is 52.6 Å². The fraction of sp³-hybridized carbons (Fsp3) is 0.667. The summed E-state index contributed by atoms with van der Waals surface area (Å²) in [6.45, 7) is 0. The van der Waals surface area contributed by atoms with Gasteiger partial charge in [0, 0.05) is 0 Å². The third-order valence-corrected chi connectivity index (χ3v) is 0.989. The Bertz CT molecular complexity index is 130. The Morgan fingerprint density at radius 1 is 1.00 bits per heavy atom. The Balaban J connectivity index is -0.0000000675. The summed E-state index contributed by atoms with van der Waals surface area (Å²) < 4.78 is 8.60. The molecule has 0 saturated heterocycles. The van der Waals surface area contributed by atoms with Crippen molar-refractivity contribution in [3.8, 4) is 0 Å². The predicted molar refractivity (Wildman–Crippen MR) is 35.5 cm³/mol. The molecule has 62 valence electrons. The van der Waals surface area contributed by atoms with Crippen LogP contribution in [0.2, 0.25) is 0 Å². The summed E-state index contributed by atoms with van der Waals surface area (Å²) in [6, 6.07) is 0. The molecule has 0 atom stereocenters. The molecular formula is C6H12Na2O4. The van der Waals surface area contributed by atoms with Crippen LogP contribution in [-0.4, -0.2) is 26.2 Å². The van der Waals surface area contributed by atoms with E-state index >= 15 is 0 Å². The van der Waals surface area contributed by atoms with Crippen LogP contribution in [0, 0.1) is 0 Å². The van der Waals surface area contributed by atoms with Crippen LogP contribution in [0.3, 0.4) is 0 Å². The molecule has 0 bridgehead atoms. The molecular weight excluding hydrogens is 182 g/mol. The van der Waals surface area contributed by atoms with Gasteiger partial charge in [-0.2, -0.15) is 0 Å². The van der Waals surface area contributed by atoms with E-state index in [0.717, 1.165) is 0 Å². The van der Waals surface area contributed by atoms with Gasteiger partial charge in [-0.3, -0.25) is 9.59 Å². The molecule has 0 fully saturated rings. The third-order valence-electron chi connectivity index (χ3n) is 0.989. The van der Waals surface area contributed by atoms with Crippen molar-refractivity contribution in [3.05, 3.63) is 0 Å². The maximum atomic E-state index is 10.4. The Morgan fingerprint density at radius 3 is 1.42 bits per heavy atom. The van der Waals surface area contributed by atoms with Gasteiger partial charge < -0.3 is 12.3 Å². The summed E-state index contributed by atoms with van der Waals surface area (Å²) in [5, 5.41) is 0. The number of rotatable bonds is 3. The molecule has 4 nitrogen and oxygen atoms in total. The fourth-order valence-electron chi connectivity index (χ4n) is 0.408. The zero-order chi connectivity index (χ0) is 7.98. The number of carbonyl (C=O) groups excluding carboxylic acids is 2. The van der Waals surface area contributed by atoms with Gasteiger partial charge in [0.25, 0.3) is 0 Å². The molecule has 0 amide bonds. The van der Waals surface area contributed by atoms with Gasteiger partial charge in [-0.1, -0.05) is 0 Å². The van der Waals surface area contributed by atoms with E-state index in [0.29, 0.717) is 0 Å². The molecule has 0 spiro atoms. The second kappa shape index (κ2) is 11.9. The van der Waals surface area contributed by atoms with Crippen LogP contribution in [0.5, 0.6) is 0 Å². The molecule has 0 radical (unpaired) electrons. The van der Waals surface area contributed by atoms with Crippen LogP contribution in [0.25, 0.3) is 0 Å². The molecule has 0 aromatic heterocycles. The summed E-state index contributed by atoms with van der Waals surface area (Å²) in [4.78, 5) is 20.8. The van der Waals surface area contributed by atoms with Crippen molar-refractivity contribution in [1.82, 2.24) is 0 Å². The SMILES string of the molecule is COC(=O)CCC(=O)OC.[H-].[H-].[Na+].[Na+]. The van der Waals surface area contributed by atoms with Crippen molar-refractivity contribution < 1.29 is 81.0 Å². The molecule has 0 saturated carbocycles. The Hall–Kier alpha value is 0.940. The monoisotopic (exact) mass is 194 g/mol. The zero-order valence-corrected chi connectivity index (χ0v) is 12.0. The molecule has 0 heterocycles. The van der Waals surface area contributed by atoms with E-state index < -0.39 is 11.9 Å². The van der Waals surface area contributed by atoms with Crippen molar-refractivity contribution in [2.75, 3.05) is 14.2 Å². The molecule has 12 heavy (non-hydrogen) atoms. The van der Waals surface area contributed by atoms with Crippen molar-refractivity contribution in [3.63, 3.8) is 0 Å². The molecule has 0 aliphatic carbocycles. The average Bonchev–Trinajstić information content (AvgIpc) is 1.99. The van der Waals surface area contributed by atoms with Gasteiger partial charge >= 0.3 is 71.1 Å². The van der Waals surface area contributed by atoms with Gasteiger partial charge in [0.1, 0.15) is 0 Å². The second-order valence-corrected chi connectivity index (χ2v) is 1.65. The van der Waals surface area contributed by atoms with Crippen molar-refractivity contribution in [1.29, 1.82) is 0 Å². The first-order valence-corrected chi connectivity index (χ1v) is 2.84. The fourth-order valence-corrected chi connectivity index (χ4v) is 0.408. The van der Waals surface area contributed by atoms with E-state index in [9.17, 15) is 9.59 Å². The van der Waals surface area contributed by atoms with Crippen molar-refractivity contribution >= 4 is 11.9 Å². The van der Waals surface area contributed by atoms with Crippen molar-refractivity contribution in [2.24, 2.45) is 0 Å².